The van der Waals surface area contributed by atoms with Gasteiger partial charge in [0, 0.05) is 23.5 Å². The van der Waals surface area contributed by atoms with E-state index in [1.54, 1.807) is 6.92 Å². The van der Waals surface area contributed by atoms with Crippen molar-refractivity contribution in [3.05, 3.63) is 10.6 Å². The third-order valence-corrected chi connectivity index (χ3v) is 5.41. The van der Waals surface area contributed by atoms with Crippen LogP contribution < -0.4 is 5.32 Å². The molecule has 0 aromatic carbocycles. The largest absolute Gasteiger partial charge is 0.477 e. The quantitative estimate of drug-likeness (QED) is 0.257. The number of nitrogens with zero attached hydrogens (tertiary/aromatic N) is 2. The number of hydrogen-bond donors (Lipinski definition) is 3. The molecule has 0 unspecified atom stereocenters. The zero-order valence-corrected chi connectivity index (χ0v) is 14.5. The first-order valence-corrected chi connectivity index (χ1v) is 8.62. The van der Waals surface area contributed by atoms with Crippen LogP contribution in [0.3, 0.4) is 0 Å². The number of carbonyl (C=O) groups is 3. The molecule has 0 radical (unpaired) electrons. The normalized spacial score (nSPS) is 27.2. The lowest BCUT2D eigenvalue weighted by atomic mass is 9.79. The van der Waals surface area contributed by atoms with Gasteiger partial charge in [-0.25, -0.2) is 4.79 Å². The maximum Gasteiger partial charge on any atom is 0.353 e. The van der Waals surface area contributed by atoms with Gasteiger partial charge < -0.3 is 20.4 Å². The summed E-state index contributed by atoms with van der Waals surface area (Å²) in [4.78, 5) is 40.4. The topological polar surface area (TPSA) is 119 Å². The van der Waals surface area contributed by atoms with E-state index in [9.17, 15) is 24.6 Å². The van der Waals surface area contributed by atoms with E-state index in [1.165, 1.54) is 29.9 Å². The van der Waals surface area contributed by atoms with E-state index in [0.717, 1.165) is 0 Å². The molecule has 8 nitrogen and oxygen atoms in total. The molecule has 0 bridgehead atoms. The Morgan fingerprint density at radius 2 is 2.17 bits per heavy atom. The Morgan fingerprint density at radius 1 is 1.50 bits per heavy atom. The first-order valence-electron chi connectivity index (χ1n) is 7.64. The molecule has 2 aliphatic heterocycles. The molecule has 2 rings (SSSR count). The van der Waals surface area contributed by atoms with Crippen LogP contribution in [0, 0.1) is 11.8 Å². The lowest BCUT2D eigenvalue weighted by Gasteiger charge is -2.46. The van der Waals surface area contributed by atoms with Gasteiger partial charge in [-0.05, 0) is 6.92 Å². The number of thioether (sulfide) groups is 1. The minimum atomic E-state index is -1.13. The second-order valence-corrected chi connectivity index (χ2v) is 6.99. The lowest BCUT2D eigenvalue weighted by Crippen LogP contribution is -2.63. The van der Waals surface area contributed by atoms with Gasteiger partial charge in [0.25, 0.3) is 0 Å². The molecular formula is C15H21N3O5S. The molecule has 2 aliphatic rings. The summed E-state index contributed by atoms with van der Waals surface area (Å²) in [7, 11) is 0. The predicted octanol–water partition coefficient (Wildman–Crippen LogP) is 0.0377. The summed E-state index contributed by atoms with van der Waals surface area (Å²) >= 11 is 1.35. The average Bonchev–Trinajstić information content (AvgIpc) is 2.71. The molecule has 132 valence electrons. The first kappa shape index (κ1) is 18.5. The van der Waals surface area contributed by atoms with Gasteiger partial charge in [0.1, 0.15) is 5.70 Å². The summed E-state index contributed by atoms with van der Waals surface area (Å²) in [5.74, 6) is -1.84. The lowest BCUT2D eigenvalue weighted by molar-refractivity contribution is -0.163. The van der Waals surface area contributed by atoms with Gasteiger partial charge in [0.15, 0.2) is 0 Å². The summed E-state index contributed by atoms with van der Waals surface area (Å²) in [5, 5.41) is 21.7. The van der Waals surface area contributed by atoms with Gasteiger partial charge in [0.05, 0.1) is 30.9 Å². The Morgan fingerprint density at radius 3 is 2.71 bits per heavy atom. The van der Waals surface area contributed by atoms with Gasteiger partial charge in [-0.2, -0.15) is 0 Å². The highest BCUT2D eigenvalue weighted by atomic mass is 32.2. The molecule has 1 saturated heterocycles. The number of nitrogens with one attached hydrogen (secondary N) is 1. The fourth-order valence-corrected chi connectivity index (χ4v) is 4.27. The van der Waals surface area contributed by atoms with E-state index in [2.05, 4.69) is 10.3 Å². The Balaban J connectivity index is 2.05. The SMILES string of the molecule is CC(=O)NC=NCCSC1=C(C(=O)O)N2C(=O)[C@H]([C@@H](C)O)[C@H]2[C@H]1C. The number of carbonyl (C=O) groups excluding carboxylic acids is 2. The van der Waals surface area contributed by atoms with Crippen LogP contribution in [-0.4, -0.2) is 63.7 Å². The molecular weight excluding hydrogens is 334 g/mol. The number of aliphatic imine (C=N–C) groups is 1. The highest BCUT2D eigenvalue weighted by molar-refractivity contribution is 8.03. The summed E-state index contributed by atoms with van der Waals surface area (Å²) in [6.45, 7) is 5.21. The van der Waals surface area contributed by atoms with Crippen molar-refractivity contribution >= 4 is 35.9 Å². The Kier molecular flexibility index (Phi) is 5.66. The summed E-state index contributed by atoms with van der Waals surface area (Å²) < 4.78 is 0. The van der Waals surface area contributed by atoms with E-state index in [1.807, 2.05) is 6.92 Å². The standard InChI is InChI=1S/C15H21N3O5S/c1-7-11-10(8(2)19)14(21)18(11)12(15(22)23)13(7)24-5-4-16-6-17-9(3)20/h6-8,10-11,19H,4-5H2,1-3H3,(H,22,23)(H,16,17,20)/t7-,8-,10-,11-/m1/s1. The number of rotatable bonds is 7. The number of β-lactam (4-membered cyclic amide) rings is 1. The monoisotopic (exact) mass is 355 g/mol. The maximum atomic E-state index is 12.2. The minimum Gasteiger partial charge on any atom is -0.477 e. The maximum absolute atomic E-state index is 12.2. The van der Waals surface area contributed by atoms with Crippen molar-refractivity contribution in [3.8, 4) is 0 Å². The molecule has 2 heterocycles. The third kappa shape index (κ3) is 3.32. The number of carboxylic acid groups (broad SMARTS) is 1. The molecule has 0 spiro atoms. The Labute approximate surface area is 144 Å². The van der Waals surface area contributed by atoms with Gasteiger partial charge in [-0.15, -0.1) is 11.8 Å². The molecule has 1 fully saturated rings. The van der Waals surface area contributed by atoms with Crippen LogP contribution >= 0.6 is 11.8 Å². The smallest absolute Gasteiger partial charge is 0.353 e. The molecule has 0 aliphatic carbocycles. The number of fused-ring (bicyclic) bond motifs is 1. The van der Waals surface area contributed by atoms with Crippen LogP contribution in [-0.2, 0) is 14.4 Å². The van der Waals surface area contributed by atoms with Gasteiger partial charge in [-0.1, -0.05) is 6.92 Å². The zero-order chi connectivity index (χ0) is 18.0. The van der Waals surface area contributed by atoms with Crippen LogP contribution in [0.25, 0.3) is 0 Å². The van der Waals surface area contributed by atoms with E-state index in [-0.39, 0.29) is 29.5 Å². The number of amides is 2. The molecule has 3 N–H and O–H groups in total. The molecule has 0 saturated carbocycles. The minimum absolute atomic E-state index is 0.0187. The van der Waals surface area contributed by atoms with E-state index < -0.39 is 18.0 Å². The van der Waals surface area contributed by atoms with Crippen LogP contribution in [0.2, 0.25) is 0 Å². The predicted molar refractivity (Wildman–Crippen MR) is 89.3 cm³/mol. The van der Waals surface area contributed by atoms with Crippen molar-refractivity contribution in [2.75, 3.05) is 12.3 Å². The van der Waals surface area contributed by atoms with Crippen molar-refractivity contribution < 1.29 is 24.6 Å². The highest BCUT2D eigenvalue weighted by Gasteiger charge is 2.59. The average molecular weight is 355 g/mol. The van der Waals surface area contributed by atoms with E-state index >= 15 is 0 Å². The second-order valence-electron chi connectivity index (χ2n) is 5.86. The molecule has 24 heavy (non-hydrogen) atoms. The van der Waals surface area contributed by atoms with Crippen molar-refractivity contribution in [1.82, 2.24) is 10.2 Å². The Bertz CT molecular complexity index is 616. The van der Waals surface area contributed by atoms with Crippen molar-refractivity contribution in [2.45, 2.75) is 32.9 Å². The summed E-state index contributed by atoms with van der Waals surface area (Å²) in [6, 6.07) is -0.297. The molecule has 0 aromatic rings. The number of carboxylic acids is 1. The van der Waals surface area contributed by atoms with E-state index in [0.29, 0.717) is 17.2 Å². The van der Waals surface area contributed by atoms with E-state index in [4.69, 9.17) is 0 Å². The van der Waals surface area contributed by atoms with Crippen LogP contribution in [0.1, 0.15) is 20.8 Å². The van der Waals surface area contributed by atoms with Crippen LogP contribution in [0.15, 0.2) is 15.6 Å². The third-order valence-electron chi connectivity index (χ3n) is 4.15. The molecule has 0 aromatic heterocycles. The number of aliphatic hydroxyl groups is 1. The highest BCUT2D eigenvalue weighted by Crippen LogP contribution is 2.50. The Hall–Kier alpha value is -1.87. The van der Waals surface area contributed by atoms with Crippen molar-refractivity contribution in [3.63, 3.8) is 0 Å². The van der Waals surface area contributed by atoms with Gasteiger partial charge >= 0.3 is 5.97 Å². The van der Waals surface area contributed by atoms with Crippen LogP contribution in [0.4, 0.5) is 0 Å². The zero-order valence-electron chi connectivity index (χ0n) is 13.7. The number of aliphatic carboxylic acids is 1. The molecule has 9 heteroatoms. The molecule has 4 atom stereocenters. The number of aliphatic hydroxyl groups excluding tert-OH is 1. The van der Waals surface area contributed by atoms with Gasteiger partial charge in [-0.3, -0.25) is 14.6 Å². The number of hydrogen-bond acceptors (Lipinski definition) is 6. The second kappa shape index (κ2) is 7.35. The fraction of sp³-hybridized carbons (Fsp3) is 0.600. The van der Waals surface area contributed by atoms with Gasteiger partial charge in [0.2, 0.25) is 11.8 Å². The summed E-state index contributed by atoms with van der Waals surface area (Å²) in [6.07, 6.45) is 0.510. The molecule has 2 amide bonds. The van der Waals surface area contributed by atoms with Crippen molar-refractivity contribution in [2.24, 2.45) is 16.8 Å². The first-order chi connectivity index (χ1) is 11.3. The fourth-order valence-electron chi connectivity index (χ4n) is 3.12. The summed E-state index contributed by atoms with van der Waals surface area (Å²) in [5.41, 5.74) is 0.0187. The van der Waals surface area contributed by atoms with Crippen LogP contribution in [0.5, 0.6) is 0 Å². The van der Waals surface area contributed by atoms with Crippen molar-refractivity contribution in [1.29, 1.82) is 0 Å².